The lowest BCUT2D eigenvalue weighted by molar-refractivity contribution is -0.113. The Labute approximate surface area is 234 Å². The number of carbonyl (C=O) groups excluding carboxylic acids is 1. The molecule has 3 aromatic carbocycles. The zero-order valence-corrected chi connectivity index (χ0v) is 23.1. The van der Waals surface area contributed by atoms with Crippen LogP contribution in [0.1, 0.15) is 6.92 Å². The SMILES string of the molecule is CCn1c2ccccc2c2cc(NC(=O)CSc3nnc(-c4ccco4)n3-c3cc(OC)ccc3OC)ccc21. The Morgan fingerprint density at radius 3 is 2.58 bits per heavy atom. The summed E-state index contributed by atoms with van der Waals surface area (Å²) in [5.74, 6) is 2.22. The van der Waals surface area contributed by atoms with Gasteiger partial charge in [-0.1, -0.05) is 30.0 Å². The number of carbonyl (C=O) groups is 1. The summed E-state index contributed by atoms with van der Waals surface area (Å²) in [7, 11) is 3.19. The summed E-state index contributed by atoms with van der Waals surface area (Å²) in [6.45, 7) is 3.00. The van der Waals surface area contributed by atoms with Gasteiger partial charge >= 0.3 is 0 Å². The number of anilines is 1. The second-order valence-corrected chi connectivity index (χ2v) is 9.93. The van der Waals surface area contributed by atoms with Crippen molar-refractivity contribution in [2.75, 3.05) is 25.3 Å². The molecule has 0 aliphatic carbocycles. The number of furan rings is 1. The van der Waals surface area contributed by atoms with Gasteiger partial charge in [0.1, 0.15) is 11.5 Å². The maximum Gasteiger partial charge on any atom is 0.234 e. The van der Waals surface area contributed by atoms with Crippen LogP contribution in [0.5, 0.6) is 11.5 Å². The third-order valence-electron chi connectivity index (χ3n) is 6.71. The lowest BCUT2D eigenvalue weighted by Gasteiger charge is -2.14. The minimum absolute atomic E-state index is 0.122. The Bertz CT molecular complexity index is 1820. The largest absolute Gasteiger partial charge is 0.497 e. The summed E-state index contributed by atoms with van der Waals surface area (Å²) in [4.78, 5) is 13.1. The maximum absolute atomic E-state index is 13.1. The van der Waals surface area contributed by atoms with Crippen LogP contribution in [0.4, 0.5) is 5.69 Å². The van der Waals surface area contributed by atoms with Crippen LogP contribution >= 0.6 is 11.8 Å². The molecule has 0 unspecified atom stereocenters. The molecule has 0 atom stereocenters. The number of fused-ring (bicyclic) bond motifs is 3. The van der Waals surface area contributed by atoms with E-state index in [1.807, 2.05) is 47.0 Å². The first-order chi connectivity index (χ1) is 19.6. The second-order valence-electron chi connectivity index (χ2n) is 8.99. The number of hydrogen-bond donors (Lipinski definition) is 1. The fourth-order valence-corrected chi connectivity index (χ4v) is 5.66. The molecule has 0 saturated heterocycles. The number of aromatic nitrogens is 4. The molecule has 1 N–H and O–H groups in total. The number of nitrogens with zero attached hydrogens (tertiary/aromatic N) is 4. The van der Waals surface area contributed by atoms with E-state index in [2.05, 4.69) is 45.2 Å². The van der Waals surface area contributed by atoms with Gasteiger partial charge < -0.3 is 23.8 Å². The summed E-state index contributed by atoms with van der Waals surface area (Å²) in [6.07, 6.45) is 1.58. The van der Waals surface area contributed by atoms with Gasteiger partial charge in [0.05, 0.1) is 31.9 Å². The second kappa shape index (κ2) is 10.8. The molecule has 0 aliphatic heterocycles. The van der Waals surface area contributed by atoms with E-state index in [1.165, 1.54) is 17.3 Å². The van der Waals surface area contributed by atoms with Crippen LogP contribution < -0.4 is 14.8 Å². The molecule has 9 nitrogen and oxygen atoms in total. The van der Waals surface area contributed by atoms with Crippen molar-refractivity contribution >= 4 is 45.2 Å². The first-order valence-corrected chi connectivity index (χ1v) is 13.7. The molecule has 0 radical (unpaired) electrons. The molecular weight excluding hydrogens is 526 g/mol. The van der Waals surface area contributed by atoms with Crippen molar-refractivity contribution < 1.29 is 18.7 Å². The van der Waals surface area contributed by atoms with Crippen molar-refractivity contribution in [2.24, 2.45) is 0 Å². The van der Waals surface area contributed by atoms with Crippen LogP contribution in [0.3, 0.4) is 0 Å². The number of thioether (sulfide) groups is 1. The average molecular weight is 554 g/mol. The van der Waals surface area contributed by atoms with Crippen LogP contribution in [-0.4, -0.2) is 45.2 Å². The molecule has 0 saturated carbocycles. The van der Waals surface area contributed by atoms with Gasteiger partial charge in [0.2, 0.25) is 11.7 Å². The predicted molar refractivity (Wildman–Crippen MR) is 157 cm³/mol. The van der Waals surface area contributed by atoms with Gasteiger partial charge in [0.15, 0.2) is 10.9 Å². The standard InChI is InChI=1S/C30H27N5O4S/c1-4-34-23-9-6-5-8-21(23)22-16-19(11-13-24(22)34)31-28(36)18-40-30-33-32-29(27-10-7-15-39-27)35(30)25-17-20(37-2)12-14-26(25)38-3/h5-17H,4,18H2,1-3H3,(H,31,36). The molecule has 0 aliphatic rings. The van der Waals surface area contributed by atoms with Gasteiger partial charge in [0, 0.05) is 40.1 Å². The number of para-hydroxylation sites is 1. The normalized spacial score (nSPS) is 11.3. The summed E-state index contributed by atoms with van der Waals surface area (Å²) in [5, 5.41) is 14.6. The van der Waals surface area contributed by atoms with E-state index in [4.69, 9.17) is 13.9 Å². The molecule has 3 aromatic heterocycles. The molecule has 202 valence electrons. The van der Waals surface area contributed by atoms with Crippen LogP contribution in [0.2, 0.25) is 0 Å². The first-order valence-electron chi connectivity index (χ1n) is 12.8. The highest BCUT2D eigenvalue weighted by Crippen LogP contribution is 2.35. The van der Waals surface area contributed by atoms with Crippen molar-refractivity contribution in [3.8, 4) is 28.8 Å². The van der Waals surface area contributed by atoms with Crippen molar-refractivity contribution in [3.63, 3.8) is 0 Å². The maximum atomic E-state index is 13.1. The number of methoxy groups -OCH3 is 2. The molecule has 6 aromatic rings. The van der Waals surface area contributed by atoms with E-state index >= 15 is 0 Å². The minimum atomic E-state index is -0.157. The molecule has 40 heavy (non-hydrogen) atoms. The zero-order chi connectivity index (χ0) is 27.6. The number of amides is 1. The number of benzene rings is 3. The van der Waals surface area contributed by atoms with Crippen molar-refractivity contribution in [3.05, 3.63) is 79.1 Å². The van der Waals surface area contributed by atoms with Gasteiger partial charge in [0.25, 0.3) is 0 Å². The lowest BCUT2D eigenvalue weighted by Crippen LogP contribution is -2.14. The topological polar surface area (TPSA) is 96.3 Å². The monoisotopic (exact) mass is 553 g/mol. The Balaban J connectivity index is 1.28. The first kappa shape index (κ1) is 25.6. The summed E-state index contributed by atoms with van der Waals surface area (Å²) >= 11 is 1.27. The van der Waals surface area contributed by atoms with E-state index in [-0.39, 0.29) is 11.7 Å². The summed E-state index contributed by atoms with van der Waals surface area (Å²) < 4.78 is 20.8. The van der Waals surface area contributed by atoms with Crippen LogP contribution in [-0.2, 0) is 11.3 Å². The van der Waals surface area contributed by atoms with Gasteiger partial charge in [-0.25, -0.2) is 0 Å². The summed E-state index contributed by atoms with van der Waals surface area (Å²) in [6, 6.07) is 23.4. The predicted octanol–water partition coefficient (Wildman–Crippen LogP) is 6.40. The molecule has 1 amide bonds. The highest BCUT2D eigenvalue weighted by molar-refractivity contribution is 7.99. The fraction of sp³-hybridized carbons (Fsp3) is 0.167. The molecule has 0 bridgehead atoms. The van der Waals surface area contributed by atoms with E-state index in [1.54, 1.807) is 32.6 Å². The molecule has 6 rings (SSSR count). The van der Waals surface area contributed by atoms with Gasteiger partial charge in [-0.3, -0.25) is 9.36 Å². The number of ether oxygens (including phenoxy) is 2. The van der Waals surface area contributed by atoms with Crippen LogP contribution in [0.15, 0.2) is 88.6 Å². The summed E-state index contributed by atoms with van der Waals surface area (Å²) in [5.41, 5.74) is 3.73. The smallest absolute Gasteiger partial charge is 0.234 e. The Morgan fingerprint density at radius 1 is 0.950 bits per heavy atom. The zero-order valence-electron chi connectivity index (χ0n) is 22.2. The van der Waals surface area contributed by atoms with Crippen LogP contribution in [0.25, 0.3) is 39.1 Å². The van der Waals surface area contributed by atoms with Gasteiger partial charge in [-0.2, -0.15) is 0 Å². The van der Waals surface area contributed by atoms with Crippen LogP contribution in [0, 0.1) is 0 Å². The van der Waals surface area contributed by atoms with Gasteiger partial charge in [-0.05, 0) is 55.5 Å². The molecular formula is C30H27N5O4S. The highest BCUT2D eigenvalue weighted by atomic mass is 32.2. The third kappa shape index (κ3) is 4.56. The minimum Gasteiger partial charge on any atom is -0.497 e. The Morgan fingerprint density at radius 2 is 1.80 bits per heavy atom. The van der Waals surface area contributed by atoms with E-state index in [0.717, 1.165) is 28.5 Å². The lowest BCUT2D eigenvalue weighted by atomic mass is 10.1. The Kier molecular flexibility index (Phi) is 6.91. The third-order valence-corrected chi connectivity index (χ3v) is 7.64. The molecule has 0 spiro atoms. The van der Waals surface area contributed by atoms with Gasteiger partial charge in [-0.15, -0.1) is 10.2 Å². The number of aryl methyl sites for hydroxylation is 1. The number of rotatable bonds is 9. The van der Waals surface area contributed by atoms with E-state index in [0.29, 0.717) is 33.9 Å². The number of hydrogen-bond acceptors (Lipinski definition) is 7. The fourth-order valence-electron chi connectivity index (χ4n) is 4.92. The Hall–Kier alpha value is -4.70. The van der Waals surface area contributed by atoms with E-state index < -0.39 is 0 Å². The number of nitrogens with one attached hydrogen (secondary N) is 1. The van der Waals surface area contributed by atoms with Crippen molar-refractivity contribution in [1.29, 1.82) is 0 Å². The van der Waals surface area contributed by atoms with E-state index in [9.17, 15) is 4.79 Å². The highest BCUT2D eigenvalue weighted by Gasteiger charge is 2.22. The quantitative estimate of drug-likeness (QED) is 0.207. The molecule has 10 heteroatoms. The molecule has 3 heterocycles. The average Bonchev–Trinajstić information content (AvgIpc) is 3.73. The van der Waals surface area contributed by atoms with Crippen molar-refractivity contribution in [1.82, 2.24) is 19.3 Å². The van der Waals surface area contributed by atoms with Crippen molar-refractivity contribution in [2.45, 2.75) is 18.6 Å². The molecule has 0 fully saturated rings.